The van der Waals surface area contributed by atoms with E-state index in [1.54, 1.807) is 35.5 Å². The fraction of sp³-hybridized carbons (Fsp3) is 0.185. The zero-order valence-corrected chi connectivity index (χ0v) is 20.3. The number of hydrogen-bond donors (Lipinski definition) is 3. The monoisotopic (exact) mass is 512 g/mol. The van der Waals surface area contributed by atoms with E-state index in [1.807, 2.05) is 30.3 Å². The van der Waals surface area contributed by atoms with Crippen LogP contribution in [0.15, 0.2) is 60.9 Å². The van der Waals surface area contributed by atoms with Crippen molar-refractivity contribution in [1.29, 1.82) is 5.26 Å². The maximum Gasteiger partial charge on any atom is 0.252 e. The number of nitrogens with one attached hydrogen (secondary N) is 3. The van der Waals surface area contributed by atoms with Crippen molar-refractivity contribution >= 4 is 45.7 Å². The number of carbonyl (C=O) groups is 2. The molecule has 1 amide bonds. The molecule has 10 heteroatoms. The van der Waals surface area contributed by atoms with Crippen LogP contribution in [-0.4, -0.2) is 45.2 Å². The Hall–Kier alpha value is -4.55. The number of rotatable bonds is 4. The van der Waals surface area contributed by atoms with E-state index in [9.17, 15) is 14.9 Å². The first-order valence-corrected chi connectivity index (χ1v) is 12.2. The first-order valence-electron chi connectivity index (χ1n) is 11.8. The molecule has 4 heterocycles. The van der Waals surface area contributed by atoms with Gasteiger partial charge < -0.3 is 25.3 Å². The third kappa shape index (κ3) is 3.92. The molecule has 1 saturated heterocycles. The summed E-state index contributed by atoms with van der Waals surface area (Å²) in [5, 5.41) is 16.5. The van der Waals surface area contributed by atoms with E-state index in [-0.39, 0.29) is 23.3 Å². The summed E-state index contributed by atoms with van der Waals surface area (Å²) in [6.07, 6.45) is 6.53. The number of amides is 1. The van der Waals surface area contributed by atoms with Gasteiger partial charge in [0.05, 0.1) is 40.1 Å². The highest BCUT2D eigenvalue weighted by Gasteiger charge is 2.46. The molecule has 1 spiro atoms. The summed E-state index contributed by atoms with van der Waals surface area (Å²) in [6.45, 7) is 0.836. The van der Waals surface area contributed by atoms with Gasteiger partial charge in [-0.25, -0.2) is 4.98 Å². The number of H-pyrrole nitrogens is 1. The van der Waals surface area contributed by atoms with Gasteiger partial charge in [0.15, 0.2) is 12.0 Å². The molecule has 6 rings (SSSR count). The highest BCUT2D eigenvalue weighted by molar-refractivity contribution is 6.36. The minimum atomic E-state index is -0.985. The molecule has 0 radical (unpaired) electrons. The number of likely N-dealkylation sites (tertiary alicyclic amines) is 1. The number of aromatic nitrogens is 2. The Morgan fingerprint density at radius 3 is 2.78 bits per heavy atom. The number of nitrogens with zero attached hydrogens (tertiary/aromatic N) is 3. The third-order valence-corrected chi connectivity index (χ3v) is 7.10. The molecule has 4 aromatic rings. The fourth-order valence-electron chi connectivity index (χ4n) is 4.98. The lowest BCUT2D eigenvalue weighted by Crippen LogP contribution is -2.60. The van der Waals surface area contributed by atoms with E-state index in [4.69, 9.17) is 16.3 Å². The number of pyridine rings is 1. The van der Waals surface area contributed by atoms with Crippen molar-refractivity contribution in [3.05, 3.63) is 77.1 Å². The highest BCUT2D eigenvalue weighted by Crippen LogP contribution is 2.41. The Morgan fingerprint density at radius 1 is 1.16 bits per heavy atom. The molecule has 3 N–H and O–H groups in total. The van der Waals surface area contributed by atoms with Gasteiger partial charge in [0.2, 0.25) is 0 Å². The molecule has 2 aromatic heterocycles. The second kappa shape index (κ2) is 8.84. The zero-order valence-electron chi connectivity index (χ0n) is 19.5. The van der Waals surface area contributed by atoms with Crippen LogP contribution in [0.4, 0.5) is 11.4 Å². The third-order valence-electron chi connectivity index (χ3n) is 6.79. The van der Waals surface area contributed by atoms with E-state index in [0.29, 0.717) is 64.4 Å². The van der Waals surface area contributed by atoms with Crippen LogP contribution < -0.4 is 15.4 Å². The van der Waals surface area contributed by atoms with Crippen molar-refractivity contribution < 1.29 is 14.3 Å². The van der Waals surface area contributed by atoms with Gasteiger partial charge in [0.25, 0.3) is 5.91 Å². The van der Waals surface area contributed by atoms with E-state index < -0.39 is 5.54 Å². The Morgan fingerprint density at radius 2 is 2.00 bits per heavy atom. The number of halogens is 1. The number of para-hydroxylation sites is 1. The molecule has 0 aliphatic carbocycles. The number of piperidine rings is 1. The van der Waals surface area contributed by atoms with Crippen LogP contribution in [0.1, 0.15) is 28.8 Å². The first kappa shape index (κ1) is 22.9. The molecular formula is C27H21ClN6O3. The number of nitriles is 1. The Labute approximate surface area is 217 Å². The number of ketones is 1. The summed E-state index contributed by atoms with van der Waals surface area (Å²) in [6, 6.07) is 14.2. The van der Waals surface area contributed by atoms with Crippen molar-refractivity contribution in [2.24, 2.45) is 0 Å². The fourth-order valence-corrected chi connectivity index (χ4v) is 5.24. The highest BCUT2D eigenvalue weighted by atomic mass is 35.5. The molecule has 1 unspecified atom stereocenters. The van der Waals surface area contributed by atoms with Crippen LogP contribution in [0.2, 0.25) is 5.02 Å². The quantitative estimate of drug-likeness (QED) is 0.262. The Balaban J connectivity index is 1.37. The molecule has 0 bridgehead atoms. The second-order valence-electron chi connectivity index (χ2n) is 9.15. The van der Waals surface area contributed by atoms with Crippen LogP contribution in [0, 0.1) is 11.5 Å². The summed E-state index contributed by atoms with van der Waals surface area (Å²) in [7, 11) is 0. The van der Waals surface area contributed by atoms with Crippen molar-refractivity contribution in [2.45, 2.75) is 18.4 Å². The SMILES string of the molecule is N#CN1CCCC2(C1)Nc1c(cnc3[nH]cc(C(=O)c4ccc(Oc5ccccc5)cc4Cl)c13)NC2=O. The van der Waals surface area contributed by atoms with Gasteiger partial charge in [-0.05, 0) is 37.1 Å². The van der Waals surface area contributed by atoms with E-state index in [1.165, 1.54) is 0 Å². The molecule has 2 aliphatic rings. The molecule has 1 fully saturated rings. The lowest BCUT2D eigenvalue weighted by atomic mass is 9.85. The summed E-state index contributed by atoms with van der Waals surface area (Å²) in [5.74, 6) is 0.650. The lowest BCUT2D eigenvalue weighted by Gasteiger charge is -2.43. The molecule has 1 atom stereocenters. The molecule has 9 nitrogen and oxygen atoms in total. The van der Waals surface area contributed by atoms with Crippen LogP contribution in [0.25, 0.3) is 11.0 Å². The number of carbonyl (C=O) groups excluding carboxylic acids is 2. The average Bonchev–Trinajstić information content (AvgIpc) is 3.35. The minimum Gasteiger partial charge on any atom is -0.457 e. The van der Waals surface area contributed by atoms with Crippen molar-refractivity contribution in [3.63, 3.8) is 0 Å². The molecule has 2 aliphatic heterocycles. The average molecular weight is 513 g/mol. The standard InChI is InChI=1S/C27H21ClN6O3/c28-20-11-17(37-16-5-2-1-3-6-16)7-8-18(20)24(35)19-12-30-25-22(19)23-21(13-31-25)32-26(36)27(33-23)9-4-10-34(14-27)15-29/h1-3,5-8,11-13,33H,4,9-10,14H2,(H,30,31)(H,32,36). The maximum absolute atomic E-state index is 13.7. The molecule has 37 heavy (non-hydrogen) atoms. The van der Waals surface area contributed by atoms with Crippen LogP contribution in [0.3, 0.4) is 0 Å². The number of hydrogen-bond acceptors (Lipinski definition) is 7. The van der Waals surface area contributed by atoms with Gasteiger partial charge >= 0.3 is 0 Å². The molecule has 2 aromatic carbocycles. The minimum absolute atomic E-state index is 0.221. The number of fused-ring (bicyclic) bond motifs is 3. The predicted octanol–water partition coefficient (Wildman–Crippen LogP) is 4.92. The van der Waals surface area contributed by atoms with Crippen molar-refractivity contribution in [3.8, 4) is 17.7 Å². The topological polar surface area (TPSA) is 123 Å². The normalized spacial score (nSPS) is 18.6. The predicted molar refractivity (Wildman–Crippen MR) is 139 cm³/mol. The smallest absolute Gasteiger partial charge is 0.252 e. The van der Waals surface area contributed by atoms with E-state index >= 15 is 0 Å². The van der Waals surface area contributed by atoms with Crippen molar-refractivity contribution in [2.75, 3.05) is 23.7 Å². The van der Waals surface area contributed by atoms with Gasteiger partial charge in [0, 0.05) is 24.4 Å². The maximum atomic E-state index is 13.7. The Bertz CT molecular complexity index is 1600. The number of ether oxygens (including phenoxy) is 1. The number of aromatic amines is 1. The van der Waals surface area contributed by atoms with Crippen LogP contribution in [-0.2, 0) is 4.79 Å². The van der Waals surface area contributed by atoms with Gasteiger partial charge in [0.1, 0.15) is 22.7 Å². The largest absolute Gasteiger partial charge is 0.457 e. The van der Waals surface area contributed by atoms with Gasteiger partial charge in [-0.15, -0.1) is 0 Å². The van der Waals surface area contributed by atoms with Crippen LogP contribution >= 0.6 is 11.6 Å². The lowest BCUT2D eigenvalue weighted by molar-refractivity contribution is -0.122. The summed E-state index contributed by atoms with van der Waals surface area (Å²) < 4.78 is 5.83. The van der Waals surface area contributed by atoms with E-state index in [2.05, 4.69) is 26.8 Å². The van der Waals surface area contributed by atoms with Crippen LogP contribution in [0.5, 0.6) is 11.5 Å². The van der Waals surface area contributed by atoms with Gasteiger partial charge in [-0.3, -0.25) is 9.59 Å². The second-order valence-corrected chi connectivity index (χ2v) is 9.55. The molecule has 184 valence electrons. The summed E-state index contributed by atoms with van der Waals surface area (Å²) in [5.41, 5.74) is 1.25. The zero-order chi connectivity index (χ0) is 25.6. The summed E-state index contributed by atoms with van der Waals surface area (Å²) >= 11 is 6.53. The van der Waals surface area contributed by atoms with E-state index in [0.717, 1.165) is 0 Å². The van der Waals surface area contributed by atoms with Crippen molar-refractivity contribution in [1.82, 2.24) is 14.9 Å². The number of benzene rings is 2. The van der Waals surface area contributed by atoms with Gasteiger partial charge in [-0.2, -0.15) is 5.26 Å². The molecular weight excluding hydrogens is 492 g/mol. The Kier molecular flexibility index (Phi) is 5.46. The molecule has 0 saturated carbocycles. The first-order chi connectivity index (χ1) is 18.0. The number of anilines is 2. The summed E-state index contributed by atoms with van der Waals surface area (Å²) in [4.78, 5) is 35.8. The van der Waals surface area contributed by atoms with Gasteiger partial charge in [-0.1, -0.05) is 29.8 Å².